The molecule has 88 valence electrons. The maximum Gasteiger partial charge on any atom is 0.0532 e. The number of rotatable bonds is 3. The van der Waals surface area contributed by atoms with Gasteiger partial charge >= 0.3 is 0 Å². The highest BCUT2D eigenvalue weighted by Gasteiger charge is 1.98. The Kier molecular flexibility index (Phi) is 3.64. The zero-order valence-electron chi connectivity index (χ0n) is 10.00. The summed E-state index contributed by atoms with van der Waals surface area (Å²) in [5.41, 5.74) is 4.45. The average Bonchev–Trinajstić information content (AvgIpc) is 2.31. The lowest BCUT2D eigenvalue weighted by Crippen LogP contribution is -2.00. The third kappa shape index (κ3) is 3.21. The number of hydrogen-bond donors (Lipinski definition) is 1. The smallest absolute Gasteiger partial charge is 0.0532 e. The van der Waals surface area contributed by atoms with Crippen LogP contribution in [-0.2, 0) is 6.54 Å². The van der Waals surface area contributed by atoms with Gasteiger partial charge in [-0.3, -0.25) is 4.98 Å². The third-order valence-corrected chi connectivity index (χ3v) is 3.02. The average molecular weight is 247 g/mol. The van der Waals surface area contributed by atoms with E-state index in [4.69, 9.17) is 11.6 Å². The summed E-state index contributed by atoms with van der Waals surface area (Å²) >= 11 is 6.08. The van der Waals surface area contributed by atoms with Gasteiger partial charge in [-0.05, 0) is 42.7 Å². The van der Waals surface area contributed by atoms with Crippen molar-refractivity contribution in [3.05, 3.63) is 58.4 Å². The highest BCUT2D eigenvalue weighted by Crippen LogP contribution is 2.17. The molecule has 2 rings (SSSR count). The fourth-order valence-electron chi connectivity index (χ4n) is 1.60. The molecule has 17 heavy (non-hydrogen) atoms. The minimum Gasteiger partial charge on any atom is -0.380 e. The predicted molar refractivity (Wildman–Crippen MR) is 72.5 cm³/mol. The molecular weight excluding hydrogens is 232 g/mol. The molecule has 0 atom stereocenters. The molecule has 1 heterocycles. The van der Waals surface area contributed by atoms with Crippen LogP contribution >= 0.6 is 11.6 Å². The summed E-state index contributed by atoms with van der Waals surface area (Å²) in [6.45, 7) is 4.79. The summed E-state index contributed by atoms with van der Waals surface area (Å²) < 4.78 is 0. The van der Waals surface area contributed by atoms with E-state index in [0.717, 1.165) is 28.4 Å². The van der Waals surface area contributed by atoms with Crippen LogP contribution in [-0.4, -0.2) is 4.98 Å². The lowest BCUT2D eigenvalue weighted by Gasteiger charge is -2.08. The Morgan fingerprint density at radius 3 is 2.71 bits per heavy atom. The van der Waals surface area contributed by atoms with Crippen molar-refractivity contribution in [1.29, 1.82) is 0 Å². The van der Waals surface area contributed by atoms with Gasteiger partial charge in [-0.1, -0.05) is 23.7 Å². The van der Waals surface area contributed by atoms with Crippen LogP contribution in [0, 0.1) is 13.8 Å². The van der Waals surface area contributed by atoms with Gasteiger partial charge in [0.15, 0.2) is 0 Å². The van der Waals surface area contributed by atoms with Crippen molar-refractivity contribution >= 4 is 17.3 Å². The molecule has 0 aliphatic heterocycles. The predicted octanol–water partition coefficient (Wildman–Crippen LogP) is 3.96. The van der Waals surface area contributed by atoms with Crippen LogP contribution in [0.25, 0.3) is 0 Å². The second-order valence-corrected chi connectivity index (χ2v) is 4.60. The van der Waals surface area contributed by atoms with E-state index in [2.05, 4.69) is 22.4 Å². The number of aryl methyl sites for hydroxylation is 2. The molecule has 0 radical (unpaired) electrons. The molecule has 1 aromatic carbocycles. The summed E-state index contributed by atoms with van der Waals surface area (Å²) in [6, 6.07) is 8.18. The lowest BCUT2D eigenvalue weighted by molar-refractivity contribution is 1.13. The molecule has 3 heteroatoms. The van der Waals surface area contributed by atoms with E-state index in [1.165, 1.54) is 5.56 Å². The molecule has 2 aromatic rings. The zero-order valence-corrected chi connectivity index (χ0v) is 10.8. The highest BCUT2D eigenvalue weighted by atomic mass is 35.5. The van der Waals surface area contributed by atoms with Gasteiger partial charge in [-0.25, -0.2) is 0 Å². The third-order valence-electron chi connectivity index (χ3n) is 2.61. The zero-order chi connectivity index (χ0) is 12.3. The molecule has 0 aliphatic carbocycles. The Labute approximate surface area is 107 Å². The van der Waals surface area contributed by atoms with Crippen LogP contribution in [0.1, 0.15) is 16.7 Å². The van der Waals surface area contributed by atoms with Crippen LogP contribution < -0.4 is 5.32 Å². The summed E-state index contributed by atoms with van der Waals surface area (Å²) in [5, 5.41) is 4.14. The molecule has 2 nitrogen and oxygen atoms in total. The number of hydrogen-bond acceptors (Lipinski definition) is 2. The van der Waals surface area contributed by atoms with Gasteiger partial charge in [0.05, 0.1) is 5.69 Å². The number of nitrogens with one attached hydrogen (secondary N) is 1. The Hall–Kier alpha value is -1.54. The molecule has 0 amide bonds. The van der Waals surface area contributed by atoms with E-state index in [1.807, 2.05) is 38.4 Å². The normalized spacial score (nSPS) is 10.3. The first kappa shape index (κ1) is 11.9. The van der Waals surface area contributed by atoms with Crippen LogP contribution in [0.5, 0.6) is 0 Å². The van der Waals surface area contributed by atoms with E-state index >= 15 is 0 Å². The maximum atomic E-state index is 6.08. The number of anilines is 1. The Balaban J connectivity index is 2.05. The fraction of sp³-hybridized carbons (Fsp3) is 0.214. The summed E-state index contributed by atoms with van der Waals surface area (Å²) in [6.07, 6.45) is 3.66. The number of halogens is 1. The van der Waals surface area contributed by atoms with Crippen molar-refractivity contribution in [3.63, 3.8) is 0 Å². The Bertz CT molecular complexity index is 523. The van der Waals surface area contributed by atoms with E-state index in [9.17, 15) is 0 Å². The number of nitrogens with zero attached hydrogens (tertiary/aromatic N) is 1. The summed E-state index contributed by atoms with van der Waals surface area (Å²) in [4.78, 5) is 4.14. The minimum absolute atomic E-state index is 0.755. The lowest BCUT2D eigenvalue weighted by atomic mass is 10.1. The molecule has 0 bridgehead atoms. The first-order valence-electron chi connectivity index (χ1n) is 5.56. The summed E-state index contributed by atoms with van der Waals surface area (Å²) in [5.74, 6) is 0. The maximum absolute atomic E-state index is 6.08. The molecule has 0 fully saturated rings. The van der Waals surface area contributed by atoms with Gasteiger partial charge < -0.3 is 5.32 Å². The Morgan fingerprint density at radius 2 is 2.00 bits per heavy atom. The SMILES string of the molecule is Cc1cncc(NCc2ccc(C)c(Cl)c2)c1. The van der Waals surface area contributed by atoms with Gasteiger partial charge in [0.1, 0.15) is 0 Å². The van der Waals surface area contributed by atoms with Crippen LogP contribution in [0.15, 0.2) is 36.7 Å². The van der Waals surface area contributed by atoms with Crippen LogP contribution in [0.3, 0.4) is 0 Å². The molecule has 0 aliphatic rings. The molecule has 0 saturated carbocycles. The van der Waals surface area contributed by atoms with Gasteiger partial charge in [-0.15, -0.1) is 0 Å². The van der Waals surface area contributed by atoms with E-state index in [1.54, 1.807) is 0 Å². The minimum atomic E-state index is 0.755. The number of pyridine rings is 1. The van der Waals surface area contributed by atoms with Gasteiger partial charge in [-0.2, -0.15) is 0 Å². The summed E-state index contributed by atoms with van der Waals surface area (Å²) in [7, 11) is 0. The van der Waals surface area contributed by atoms with Crippen molar-refractivity contribution in [2.24, 2.45) is 0 Å². The second-order valence-electron chi connectivity index (χ2n) is 4.19. The van der Waals surface area contributed by atoms with E-state index in [-0.39, 0.29) is 0 Å². The van der Waals surface area contributed by atoms with Crippen molar-refractivity contribution in [2.75, 3.05) is 5.32 Å². The number of aromatic nitrogens is 1. The molecule has 1 N–H and O–H groups in total. The second kappa shape index (κ2) is 5.19. The topological polar surface area (TPSA) is 24.9 Å². The molecule has 1 aromatic heterocycles. The molecule has 0 saturated heterocycles. The molecule has 0 unspecified atom stereocenters. The van der Waals surface area contributed by atoms with Gasteiger partial charge in [0.25, 0.3) is 0 Å². The number of benzene rings is 1. The Morgan fingerprint density at radius 1 is 1.18 bits per heavy atom. The quantitative estimate of drug-likeness (QED) is 0.887. The van der Waals surface area contributed by atoms with Gasteiger partial charge in [0, 0.05) is 24.0 Å². The van der Waals surface area contributed by atoms with Crippen molar-refractivity contribution in [2.45, 2.75) is 20.4 Å². The van der Waals surface area contributed by atoms with Crippen LogP contribution in [0.4, 0.5) is 5.69 Å². The van der Waals surface area contributed by atoms with Crippen molar-refractivity contribution < 1.29 is 0 Å². The monoisotopic (exact) mass is 246 g/mol. The van der Waals surface area contributed by atoms with Crippen molar-refractivity contribution in [1.82, 2.24) is 4.98 Å². The van der Waals surface area contributed by atoms with E-state index in [0.29, 0.717) is 0 Å². The molecule has 0 spiro atoms. The van der Waals surface area contributed by atoms with Crippen molar-refractivity contribution in [3.8, 4) is 0 Å². The van der Waals surface area contributed by atoms with Gasteiger partial charge in [0.2, 0.25) is 0 Å². The highest BCUT2D eigenvalue weighted by molar-refractivity contribution is 6.31. The standard InChI is InChI=1S/C14H15ClN2/c1-10-5-13(9-16-7-10)17-8-12-4-3-11(2)14(15)6-12/h3-7,9,17H,8H2,1-2H3. The fourth-order valence-corrected chi connectivity index (χ4v) is 1.81. The van der Waals surface area contributed by atoms with E-state index < -0.39 is 0 Å². The van der Waals surface area contributed by atoms with Crippen LogP contribution in [0.2, 0.25) is 5.02 Å². The first-order valence-corrected chi connectivity index (χ1v) is 5.93. The first-order chi connectivity index (χ1) is 8.15. The largest absolute Gasteiger partial charge is 0.380 e. The molecular formula is C14H15ClN2.